The van der Waals surface area contributed by atoms with Crippen molar-refractivity contribution in [3.63, 3.8) is 0 Å². The smallest absolute Gasteiger partial charge is 0.120 e. The third-order valence-electron chi connectivity index (χ3n) is 3.47. The fourth-order valence-electron chi connectivity index (χ4n) is 2.23. The first-order valence-electron chi connectivity index (χ1n) is 7.72. The Morgan fingerprint density at radius 2 is 1.74 bits per heavy atom. The molecular weight excluding hydrogens is 310 g/mol. The minimum atomic E-state index is 0. The average Bonchev–Trinajstić information content (AvgIpc) is 2.55. The van der Waals surface area contributed by atoms with Gasteiger partial charge in [0.05, 0.1) is 6.10 Å². The van der Waals surface area contributed by atoms with Crippen molar-refractivity contribution >= 4 is 12.4 Å². The van der Waals surface area contributed by atoms with Crippen LogP contribution in [-0.4, -0.2) is 19.7 Å². The van der Waals surface area contributed by atoms with Crippen LogP contribution >= 0.6 is 12.4 Å². The molecule has 0 radical (unpaired) electrons. The van der Waals surface area contributed by atoms with E-state index in [0.717, 1.165) is 23.4 Å². The molecule has 23 heavy (non-hydrogen) atoms. The molecule has 2 rings (SSSR count). The van der Waals surface area contributed by atoms with Gasteiger partial charge in [-0.05, 0) is 23.3 Å². The van der Waals surface area contributed by atoms with Gasteiger partial charge in [0.2, 0.25) is 0 Å². The molecular formula is C19H26ClNO2. The summed E-state index contributed by atoms with van der Waals surface area (Å²) >= 11 is 0. The van der Waals surface area contributed by atoms with E-state index in [0.29, 0.717) is 12.6 Å². The SMILES string of the molecule is COC(CNC(C)C)c1cccc(OCc2ccccc2)c1.Cl. The van der Waals surface area contributed by atoms with Crippen molar-refractivity contribution in [2.24, 2.45) is 0 Å². The monoisotopic (exact) mass is 335 g/mol. The van der Waals surface area contributed by atoms with Gasteiger partial charge in [-0.3, -0.25) is 0 Å². The van der Waals surface area contributed by atoms with E-state index in [2.05, 4.69) is 43.4 Å². The highest BCUT2D eigenvalue weighted by molar-refractivity contribution is 5.85. The zero-order valence-corrected chi connectivity index (χ0v) is 14.8. The maximum absolute atomic E-state index is 5.88. The lowest BCUT2D eigenvalue weighted by molar-refractivity contribution is 0.100. The van der Waals surface area contributed by atoms with Crippen molar-refractivity contribution in [3.05, 3.63) is 65.7 Å². The molecule has 1 N–H and O–H groups in total. The number of methoxy groups -OCH3 is 1. The number of hydrogen-bond donors (Lipinski definition) is 1. The molecule has 0 aliphatic heterocycles. The van der Waals surface area contributed by atoms with E-state index in [1.807, 2.05) is 30.3 Å². The molecule has 3 nitrogen and oxygen atoms in total. The van der Waals surface area contributed by atoms with Gasteiger partial charge in [-0.1, -0.05) is 56.3 Å². The summed E-state index contributed by atoms with van der Waals surface area (Å²) < 4.78 is 11.5. The Morgan fingerprint density at radius 3 is 2.39 bits per heavy atom. The summed E-state index contributed by atoms with van der Waals surface area (Å²) in [6.45, 7) is 5.63. The quantitative estimate of drug-likeness (QED) is 0.777. The molecule has 0 aromatic heterocycles. The van der Waals surface area contributed by atoms with Crippen LogP contribution in [0.2, 0.25) is 0 Å². The number of benzene rings is 2. The first-order chi connectivity index (χ1) is 10.7. The molecule has 1 unspecified atom stereocenters. The van der Waals surface area contributed by atoms with Crippen molar-refractivity contribution in [3.8, 4) is 5.75 Å². The van der Waals surface area contributed by atoms with E-state index >= 15 is 0 Å². The molecule has 0 spiro atoms. The second-order valence-electron chi connectivity index (χ2n) is 5.63. The molecule has 126 valence electrons. The molecule has 2 aromatic carbocycles. The summed E-state index contributed by atoms with van der Waals surface area (Å²) in [7, 11) is 1.74. The Morgan fingerprint density at radius 1 is 1.00 bits per heavy atom. The summed E-state index contributed by atoms with van der Waals surface area (Å²) in [4.78, 5) is 0. The van der Waals surface area contributed by atoms with E-state index in [1.165, 1.54) is 0 Å². The van der Waals surface area contributed by atoms with E-state index in [4.69, 9.17) is 9.47 Å². The second-order valence-corrected chi connectivity index (χ2v) is 5.63. The molecule has 0 amide bonds. The van der Waals surface area contributed by atoms with Gasteiger partial charge in [0.15, 0.2) is 0 Å². The van der Waals surface area contributed by atoms with E-state index in [-0.39, 0.29) is 18.5 Å². The standard InChI is InChI=1S/C19H25NO2.ClH/c1-15(2)20-13-19(21-3)17-10-7-11-18(12-17)22-14-16-8-5-4-6-9-16;/h4-12,15,19-20H,13-14H2,1-3H3;1H. The fourth-order valence-corrected chi connectivity index (χ4v) is 2.23. The summed E-state index contributed by atoms with van der Waals surface area (Å²) in [6.07, 6.45) is 0.0303. The third kappa shape index (κ3) is 6.61. The zero-order valence-electron chi connectivity index (χ0n) is 14.0. The highest BCUT2D eigenvalue weighted by atomic mass is 35.5. The van der Waals surface area contributed by atoms with Crippen molar-refractivity contribution in [1.82, 2.24) is 5.32 Å². The van der Waals surface area contributed by atoms with E-state index < -0.39 is 0 Å². The minimum absolute atomic E-state index is 0. The Labute approximate surface area is 145 Å². The lowest BCUT2D eigenvalue weighted by Crippen LogP contribution is -2.28. The lowest BCUT2D eigenvalue weighted by atomic mass is 10.1. The second kappa shape index (κ2) is 10.3. The molecule has 0 saturated carbocycles. The predicted molar refractivity (Wildman–Crippen MR) is 97.4 cm³/mol. The van der Waals surface area contributed by atoms with Crippen molar-refractivity contribution < 1.29 is 9.47 Å². The molecule has 4 heteroatoms. The normalized spacial score (nSPS) is 11.8. The Hall–Kier alpha value is -1.55. The fraction of sp³-hybridized carbons (Fsp3) is 0.368. The maximum Gasteiger partial charge on any atom is 0.120 e. The van der Waals surface area contributed by atoms with Crippen molar-refractivity contribution in [2.75, 3.05) is 13.7 Å². The molecule has 0 heterocycles. The molecule has 2 aromatic rings. The molecule has 0 bridgehead atoms. The van der Waals surface area contributed by atoms with Crippen LogP contribution in [-0.2, 0) is 11.3 Å². The van der Waals surface area contributed by atoms with Gasteiger partial charge in [0.1, 0.15) is 12.4 Å². The van der Waals surface area contributed by atoms with Gasteiger partial charge in [0.25, 0.3) is 0 Å². The lowest BCUT2D eigenvalue weighted by Gasteiger charge is -2.19. The summed E-state index contributed by atoms with van der Waals surface area (Å²) in [6, 6.07) is 18.7. The van der Waals surface area contributed by atoms with Crippen LogP contribution in [0.5, 0.6) is 5.75 Å². The van der Waals surface area contributed by atoms with Gasteiger partial charge in [-0.15, -0.1) is 12.4 Å². The molecule has 1 atom stereocenters. The highest BCUT2D eigenvalue weighted by Gasteiger charge is 2.11. The molecule has 0 aliphatic carbocycles. The summed E-state index contributed by atoms with van der Waals surface area (Å²) in [5.41, 5.74) is 2.29. The van der Waals surface area contributed by atoms with Gasteiger partial charge in [-0.2, -0.15) is 0 Å². The first-order valence-corrected chi connectivity index (χ1v) is 7.72. The van der Waals surface area contributed by atoms with Gasteiger partial charge >= 0.3 is 0 Å². The first kappa shape index (κ1) is 19.5. The third-order valence-corrected chi connectivity index (χ3v) is 3.47. The Balaban J connectivity index is 0.00000264. The predicted octanol–water partition coefficient (Wildman–Crippen LogP) is 4.37. The minimum Gasteiger partial charge on any atom is -0.489 e. The molecule has 0 saturated heterocycles. The van der Waals surface area contributed by atoms with Crippen molar-refractivity contribution in [1.29, 1.82) is 0 Å². The molecule has 0 aliphatic rings. The number of hydrogen-bond acceptors (Lipinski definition) is 3. The zero-order chi connectivity index (χ0) is 15.8. The largest absolute Gasteiger partial charge is 0.489 e. The van der Waals surface area contributed by atoms with Crippen LogP contribution in [0.1, 0.15) is 31.1 Å². The Bertz CT molecular complexity index is 560. The highest BCUT2D eigenvalue weighted by Crippen LogP contribution is 2.22. The van der Waals surface area contributed by atoms with Gasteiger partial charge in [0, 0.05) is 19.7 Å². The van der Waals surface area contributed by atoms with Crippen molar-refractivity contribution in [2.45, 2.75) is 32.6 Å². The number of halogens is 1. The summed E-state index contributed by atoms with van der Waals surface area (Å²) in [5, 5.41) is 3.41. The maximum atomic E-state index is 5.88. The number of rotatable bonds is 8. The number of nitrogens with one attached hydrogen (secondary N) is 1. The van der Waals surface area contributed by atoms with Crippen LogP contribution in [0.15, 0.2) is 54.6 Å². The van der Waals surface area contributed by atoms with Crippen LogP contribution in [0.4, 0.5) is 0 Å². The molecule has 0 fully saturated rings. The van der Waals surface area contributed by atoms with Crippen LogP contribution in [0, 0.1) is 0 Å². The van der Waals surface area contributed by atoms with Crippen LogP contribution < -0.4 is 10.1 Å². The topological polar surface area (TPSA) is 30.5 Å². The van der Waals surface area contributed by atoms with Gasteiger partial charge in [-0.25, -0.2) is 0 Å². The average molecular weight is 336 g/mol. The van der Waals surface area contributed by atoms with Crippen LogP contribution in [0.25, 0.3) is 0 Å². The Kier molecular flexibility index (Phi) is 8.70. The van der Waals surface area contributed by atoms with Crippen LogP contribution in [0.3, 0.4) is 0 Å². The van der Waals surface area contributed by atoms with E-state index in [1.54, 1.807) is 7.11 Å². The number of ether oxygens (including phenoxy) is 2. The summed E-state index contributed by atoms with van der Waals surface area (Å²) in [5.74, 6) is 0.868. The van der Waals surface area contributed by atoms with E-state index in [9.17, 15) is 0 Å². The van der Waals surface area contributed by atoms with Gasteiger partial charge < -0.3 is 14.8 Å².